The maximum absolute atomic E-state index is 8.92. The zero-order valence-electron chi connectivity index (χ0n) is 10.6. The van der Waals surface area contributed by atoms with Gasteiger partial charge in [0.25, 0.3) is 0 Å². The fourth-order valence-corrected chi connectivity index (χ4v) is 3.13. The first-order valence-corrected chi connectivity index (χ1v) is 8.16. The van der Waals surface area contributed by atoms with Gasteiger partial charge in [-0.1, -0.05) is 58.9 Å². The molecule has 0 fully saturated rings. The Bertz CT molecular complexity index is 487. The van der Waals surface area contributed by atoms with Crippen LogP contribution in [0, 0.1) is 0 Å². The van der Waals surface area contributed by atoms with Gasteiger partial charge in [-0.15, -0.1) is 0 Å². The second kappa shape index (κ2) is 6.93. The Morgan fingerprint density at radius 3 is 1.10 bits per heavy atom. The summed E-state index contributed by atoms with van der Waals surface area (Å²) >= 11 is 0. The van der Waals surface area contributed by atoms with Crippen LogP contribution in [0.1, 0.15) is 0 Å². The molecule has 0 amide bonds. The average molecular weight is 302 g/mol. The van der Waals surface area contributed by atoms with Gasteiger partial charge < -0.3 is 20.4 Å². The maximum Gasteiger partial charge on any atom is 0.156 e. The Morgan fingerprint density at radius 1 is 0.550 bits per heavy atom. The van der Waals surface area contributed by atoms with Gasteiger partial charge in [-0.25, -0.2) is 0 Å². The highest BCUT2D eigenvalue weighted by molar-refractivity contribution is 6.54. The number of benzene rings is 2. The number of rotatable bonds is 5. The lowest BCUT2D eigenvalue weighted by molar-refractivity contribution is 0.0298. The van der Waals surface area contributed by atoms with Crippen molar-refractivity contribution < 1.29 is 20.4 Å². The van der Waals surface area contributed by atoms with E-state index in [2.05, 4.69) is 0 Å². The lowest BCUT2D eigenvalue weighted by Gasteiger charge is -2.07. The Balaban J connectivity index is 2.11. The Morgan fingerprint density at radius 2 is 0.850 bits per heavy atom. The topological polar surface area (TPSA) is 80.9 Å². The molecule has 4 nitrogen and oxygen atoms in total. The molecule has 4 N–H and O–H groups in total. The van der Waals surface area contributed by atoms with Gasteiger partial charge >= 0.3 is 0 Å². The molecule has 2 rings (SSSR count). The highest BCUT2D eigenvalue weighted by Crippen LogP contribution is 2.16. The predicted octanol–water partition coefficient (Wildman–Crippen LogP) is -1.45. The van der Waals surface area contributed by atoms with Crippen LogP contribution in [-0.2, 0) is 0 Å². The molecule has 0 unspecified atom stereocenters. The summed E-state index contributed by atoms with van der Waals surface area (Å²) in [5.74, 6) is -2.60. The van der Waals surface area contributed by atoms with E-state index in [0.717, 1.165) is 21.5 Å². The number of hydrogen-bond donors (Lipinski definition) is 4. The van der Waals surface area contributed by atoms with E-state index in [1.165, 1.54) is 0 Å². The molecule has 0 saturated carbocycles. The van der Waals surface area contributed by atoms with Gasteiger partial charge in [0.2, 0.25) is 0 Å². The quantitative estimate of drug-likeness (QED) is 0.402. The fourth-order valence-electron chi connectivity index (χ4n) is 1.82. The summed E-state index contributed by atoms with van der Waals surface area (Å²) in [6.07, 6.45) is 0. The van der Waals surface area contributed by atoms with Gasteiger partial charge in [-0.05, 0) is 11.1 Å². The molecule has 4 radical (unpaired) electrons. The zero-order chi connectivity index (χ0) is 14.5. The van der Waals surface area contributed by atoms with Crippen LogP contribution in [0.4, 0.5) is 0 Å². The summed E-state index contributed by atoms with van der Waals surface area (Å²) in [7, 11) is -0.0669. The van der Waals surface area contributed by atoms with E-state index in [-0.39, 0.29) is 19.0 Å². The van der Waals surface area contributed by atoms with Crippen molar-refractivity contribution in [1.29, 1.82) is 0 Å². The maximum atomic E-state index is 8.92. The van der Waals surface area contributed by atoms with Crippen LogP contribution in [0.2, 0.25) is 0 Å². The Hall–Kier alpha value is -1.29. The molecular formula is C14H14O4Si2. The zero-order valence-corrected chi connectivity index (χ0v) is 12.6. The van der Waals surface area contributed by atoms with E-state index in [4.69, 9.17) is 20.4 Å². The first kappa shape index (κ1) is 15.1. The highest BCUT2D eigenvalue weighted by Gasteiger charge is 2.05. The summed E-state index contributed by atoms with van der Waals surface area (Å²) in [6, 6.07) is 15.2. The van der Waals surface area contributed by atoms with Gasteiger partial charge in [-0.2, -0.15) is 0 Å². The van der Waals surface area contributed by atoms with Crippen molar-refractivity contribution in [3.8, 4) is 11.1 Å². The monoisotopic (exact) mass is 302 g/mol. The normalized spacial score (nSPS) is 11.3. The van der Waals surface area contributed by atoms with Crippen LogP contribution >= 0.6 is 0 Å². The third-order valence-electron chi connectivity index (χ3n) is 2.69. The van der Waals surface area contributed by atoms with Crippen molar-refractivity contribution in [2.45, 2.75) is 11.8 Å². The fraction of sp³-hybridized carbons (Fsp3) is 0.143. The van der Waals surface area contributed by atoms with E-state index >= 15 is 0 Å². The summed E-state index contributed by atoms with van der Waals surface area (Å²) < 4.78 is 0. The van der Waals surface area contributed by atoms with E-state index < -0.39 is 11.8 Å². The van der Waals surface area contributed by atoms with Crippen molar-refractivity contribution in [1.82, 2.24) is 0 Å². The second-order valence-electron chi connectivity index (χ2n) is 4.19. The number of aliphatic hydroxyl groups is 4. The lowest BCUT2D eigenvalue weighted by atomic mass is 10.1. The number of aliphatic hydroxyl groups excluding tert-OH is 2. The van der Waals surface area contributed by atoms with Crippen LogP contribution in [0.3, 0.4) is 0 Å². The molecule has 2 aromatic rings. The summed E-state index contributed by atoms with van der Waals surface area (Å²) in [6.45, 7) is 0. The largest absolute Gasteiger partial charge is 0.372 e. The SMILES string of the molecule is OC(O)[Si]c1ccc(-c2ccc([Si]C(O)O)cc2)cc1. The highest BCUT2D eigenvalue weighted by atomic mass is 28.2. The molecular weight excluding hydrogens is 288 g/mol. The molecule has 0 aliphatic rings. The molecule has 0 bridgehead atoms. The molecule has 0 spiro atoms. The van der Waals surface area contributed by atoms with Crippen LogP contribution in [0.15, 0.2) is 48.5 Å². The lowest BCUT2D eigenvalue weighted by Crippen LogP contribution is -2.27. The first-order chi connectivity index (χ1) is 9.54. The van der Waals surface area contributed by atoms with Crippen LogP contribution in [-0.4, -0.2) is 51.3 Å². The van der Waals surface area contributed by atoms with Crippen molar-refractivity contribution in [2.24, 2.45) is 0 Å². The Kier molecular flexibility index (Phi) is 5.24. The summed E-state index contributed by atoms with van der Waals surface area (Å²) in [4.78, 5) is 0. The molecule has 0 atom stereocenters. The summed E-state index contributed by atoms with van der Waals surface area (Å²) in [5, 5.41) is 37.5. The minimum absolute atomic E-state index is 0.0334. The molecule has 20 heavy (non-hydrogen) atoms. The van der Waals surface area contributed by atoms with Crippen LogP contribution < -0.4 is 10.4 Å². The Labute approximate surface area is 122 Å². The van der Waals surface area contributed by atoms with Crippen molar-refractivity contribution in [3.05, 3.63) is 48.5 Å². The van der Waals surface area contributed by atoms with Gasteiger partial charge in [0, 0.05) is 0 Å². The molecule has 6 heteroatoms. The van der Waals surface area contributed by atoms with Gasteiger partial charge in [-0.3, -0.25) is 0 Å². The minimum Gasteiger partial charge on any atom is -0.372 e. The average Bonchev–Trinajstić information content (AvgIpc) is 2.39. The second-order valence-corrected chi connectivity index (χ2v) is 6.96. The van der Waals surface area contributed by atoms with E-state index in [1.54, 1.807) is 0 Å². The third kappa shape index (κ3) is 4.37. The predicted molar refractivity (Wildman–Crippen MR) is 79.1 cm³/mol. The molecule has 0 saturated heterocycles. The molecule has 0 aromatic heterocycles. The van der Waals surface area contributed by atoms with Crippen molar-refractivity contribution >= 4 is 29.4 Å². The molecule has 0 aliphatic heterocycles. The van der Waals surface area contributed by atoms with Gasteiger partial charge in [0.1, 0.15) is 11.8 Å². The molecule has 0 heterocycles. The van der Waals surface area contributed by atoms with Crippen LogP contribution in [0.5, 0.6) is 0 Å². The van der Waals surface area contributed by atoms with E-state index in [1.807, 2.05) is 48.5 Å². The standard InChI is InChI=1S/C14H14O4Si2/c15-13(16)19-11-5-1-9(2-6-11)10-3-7-12(8-4-10)20-14(17)18/h1-8,13-18H. The third-order valence-corrected chi connectivity index (χ3v) is 4.54. The van der Waals surface area contributed by atoms with Gasteiger partial charge in [0.15, 0.2) is 19.0 Å². The van der Waals surface area contributed by atoms with Crippen LogP contribution in [0.25, 0.3) is 11.1 Å². The smallest absolute Gasteiger partial charge is 0.156 e. The van der Waals surface area contributed by atoms with Gasteiger partial charge in [0.05, 0.1) is 0 Å². The minimum atomic E-state index is -1.30. The first-order valence-electron chi connectivity index (χ1n) is 6.00. The van der Waals surface area contributed by atoms with E-state index in [9.17, 15) is 0 Å². The molecule has 0 aliphatic carbocycles. The molecule has 2 aromatic carbocycles. The number of hydrogen-bond acceptors (Lipinski definition) is 4. The van der Waals surface area contributed by atoms with Crippen molar-refractivity contribution in [2.75, 3.05) is 0 Å². The molecule has 102 valence electrons. The summed E-state index contributed by atoms with van der Waals surface area (Å²) in [5.41, 5.74) is 2.07. The van der Waals surface area contributed by atoms with E-state index in [0.29, 0.717) is 0 Å². The van der Waals surface area contributed by atoms with Crippen molar-refractivity contribution in [3.63, 3.8) is 0 Å².